The molecule has 6 nitrogen and oxygen atoms in total. The zero-order chi connectivity index (χ0) is 19.3. The first kappa shape index (κ1) is 18.2. The van der Waals surface area contributed by atoms with Crippen LogP contribution in [-0.4, -0.2) is 41.1 Å². The van der Waals surface area contributed by atoms with E-state index in [0.717, 1.165) is 49.3 Å². The highest BCUT2D eigenvalue weighted by molar-refractivity contribution is 5.53. The number of piperazine rings is 1. The highest BCUT2D eigenvalue weighted by atomic mass is 19.1. The summed E-state index contributed by atoms with van der Waals surface area (Å²) in [6.07, 6.45) is 1.78. The summed E-state index contributed by atoms with van der Waals surface area (Å²) in [5.41, 5.74) is 1.62. The summed E-state index contributed by atoms with van der Waals surface area (Å²) in [4.78, 5) is 17.7. The maximum absolute atomic E-state index is 14.0. The van der Waals surface area contributed by atoms with Crippen molar-refractivity contribution in [1.29, 1.82) is 0 Å². The lowest BCUT2D eigenvalue weighted by Crippen LogP contribution is -2.47. The third-order valence-electron chi connectivity index (χ3n) is 4.80. The van der Waals surface area contributed by atoms with E-state index in [4.69, 9.17) is 0 Å². The van der Waals surface area contributed by atoms with Crippen LogP contribution in [0, 0.1) is 12.7 Å². The maximum Gasteiger partial charge on any atom is 0.146 e. The lowest BCUT2D eigenvalue weighted by Gasteiger charge is -2.37. The molecule has 1 N–H and O–H groups in total. The van der Waals surface area contributed by atoms with Crippen molar-refractivity contribution in [2.75, 3.05) is 41.3 Å². The molecular formula is C21H23FN6. The van der Waals surface area contributed by atoms with Crippen molar-refractivity contribution in [3.05, 3.63) is 72.1 Å². The van der Waals surface area contributed by atoms with E-state index in [-0.39, 0.29) is 5.82 Å². The summed E-state index contributed by atoms with van der Waals surface area (Å²) >= 11 is 0. The number of nitrogens with zero attached hydrogens (tertiary/aromatic N) is 5. The third kappa shape index (κ3) is 4.19. The van der Waals surface area contributed by atoms with E-state index in [9.17, 15) is 4.39 Å². The van der Waals surface area contributed by atoms with Gasteiger partial charge in [0.05, 0.1) is 17.9 Å². The van der Waals surface area contributed by atoms with E-state index < -0.39 is 0 Å². The van der Waals surface area contributed by atoms with Gasteiger partial charge in [0.2, 0.25) is 0 Å². The topological polar surface area (TPSA) is 57.2 Å². The van der Waals surface area contributed by atoms with E-state index in [1.807, 2.05) is 43.3 Å². The molecule has 144 valence electrons. The molecule has 1 aliphatic rings. The zero-order valence-electron chi connectivity index (χ0n) is 15.8. The van der Waals surface area contributed by atoms with Gasteiger partial charge in [-0.1, -0.05) is 18.2 Å². The van der Waals surface area contributed by atoms with Crippen LogP contribution < -0.4 is 15.1 Å². The highest BCUT2D eigenvalue weighted by Crippen LogP contribution is 2.23. The molecule has 0 saturated carbocycles. The lowest BCUT2D eigenvalue weighted by molar-refractivity contribution is 0.596. The number of hydrogen-bond donors (Lipinski definition) is 1. The second-order valence-electron chi connectivity index (χ2n) is 6.76. The molecule has 0 unspecified atom stereocenters. The molecule has 0 radical (unpaired) electrons. The van der Waals surface area contributed by atoms with Gasteiger partial charge in [0.1, 0.15) is 23.3 Å². The number of aryl methyl sites for hydroxylation is 1. The van der Waals surface area contributed by atoms with Gasteiger partial charge < -0.3 is 15.1 Å². The van der Waals surface area contributed by atoms with Crippen molar-refractivity contribution in [2.45, 2.75) is 13.5 Å². The zero-order valence-corrected chi connectivity index (χ0v) is 15.8. The Hall–Kier alpha value is -3.22. The Morgan fingerprint density at radius 3 is 2.46 bits per heavy atom. The summed E-state index contributed by atoms with van der Waals surface area (Å²) in [5, 5.41) is 3.32. The number of pyridine rings is 1. The van der Waals surface area contributed by atoms with Crippen LogP contribution in [0.2, 0.25) is 0 Å². The van der Waals surface area contributed by atoms with Gasteiger partial charge in [0.25, 0.3) is 0 Å². The Kier molecular flexibility index (Phi) is 5.32. The average Bonchev–Trinajstić information content (AvgIpc) is 2.73. The summed E-state index contributed by atoms with van der Waals surface area (Å²) in [7, 11) is 0. The lowest BCUT2D eigenvalue weighted by atomic mass is 10.2. The van der Waals surface area contributed by atoms with Crippen molar-refractivity contribution in [2.24, 2.45) is 0 Å². The Morgan fingerprint density at radius 1 is 0.964 bits per heavy atom. The quantitative estimate of drug-likeness (QED) is 0.736. The monoisotopic (exact) mass is 378 g/mol. The molecule has 0 aliphatic carbocycles. The maximum atomic E-state index is 14.0. The normalized spacial score (nSPS) is 14.2. The van der Waals surface area contributed by atoms with Crippen molar-refractivity contribution < 1.29 is 4.39 Å². The van der Waals surface area contributed by atoms with Gasteiger partial charge in [-0.2, -0.15) is 0 Å². The van der Waals surface area contributed by atoms with Gasteiger partial charge in [-0.05, 0) is 31.2 Å². The highest BCUT2D eigenvalue weighted by Gasteiger charge is 2.21. The fraction of sp³-hybridized carbons (Fsp3) is 0.286. The Labute approximate surface area is 164 Å². The Bertz CT molecular complexity index is 925. The van der Waals surface area contributed by atoms with Gasteiger partial charge in [-0.15, -0.1) is 0 Å². The van der Waals surface area contributed by atoms with Crippen LogP contribution in [0.4, 0.5) is 21.7 Å². The molecule has 0 amide bonds. The van der Waals surface area contributed by atoms with Crippen molar-refractivity contribution in [3.8, 4) is 0 Å². The first-order valence-corrected chi connectivity index (χ1v) is 9.43. The average molecular weight is 378 g/mol. The number of rotatable bonds is 5. The molecule has 2 aromatic heterocycles. The van der Waals surface area contributed by atoms with Crippen LogP contribution >= 0.6 is 0 Å². The van der Waals surface area contributed by atoms with Crippen LogP contribution in [0.25, 0.3) is 0 Å². The van der Waals surface area contributed by atoms with Crippen LogP contribution in [0.1, 0.15) is 11.5 Å². The minimum atomic E-state index is -0.171. The van der Waals surface area contributed by atoms with Crippen molar-refractivity contribution in [3.63, 3.8) is 0 Å². The molecule has 4 rings (SSSR count). The number of nitrogens with one attached hydrogen (secondary N) is 1. The summed E-state index contributed by atoms with van der Waals surface area (Å²) in [5.74, 6) is 2.22. The van der Waals surface area contributed by atoms with E-state index in [1.165, 1.54) is 6.07 Å². The van der Waals surface area contributed by atoms with Crippen LogP contribution in [-0.2, 0) is 6.54 Å². The molecule has 1 aromatic carbocycles. The molecule has 3 heterocycles. The van der Waals surface area contributed by atoms with Crippen LogP contribution in [0.3, 0.4) is 0 Å². The van der Waals surface area contributed by atoms with Crippen molar-refractivity contribution in [1.82, 2.24) is 15.0 Å². The van der Waals surface area contributed by atoms with Gasteiger partial charge in [0.15, 0.2) is 0 Å². The van der Waals surface area contributed by atoms with E-state index in [1.54, 1.807) is 12.3 Å². The molecule has 3 aromatic rings. The minimum Gasteiger partial charge on any atom is -0.366 e. The second-order valence-corrected chi connectivity index (χ2v) is 6.76. The number of aromatic nitrogens is 3. The van der Waals surface area contributed by atoms with Gasteiger partial charge in [0, 0.05) is 38.4 Å². The van der Waals surface area contributed by atoms with Gasteiger partial charge in [-0.25, -0.2) is 14.4 Å². The summed E-state index contributed by atoms with van der Waals surface area (Å²) in [6, 6.07) is 14.7. The van der Waals surface area contributed by atoms with Crippen LogP contribution in [0.5, 0.6) is 0 Å². The predicted octanol–water partition coefficient (Wildman–Crippen LogP) is 3.26. The fourth-order valence-electron chi connectivity index (χ4n) is 3.37. The smallest absolute Gasteiger partial charge is 0.146 e. The first-order chi connectivity index (χ1) is 13.7. The fourth-order valence-corrected chi connectivity index (χ4v) is 3.37. The number of anilines is 3. The summed E-state index contributed by atoms with van der Waals surface area (Å²) in [6.45, 7) is 5.57. The van der Waals surface area contributed by atoms with Crippen molar-refractivity contribution >= 4 is 17.3 Å². The number of para-hydroxylation sites is 1. The Morgan fingerprint density at radius 2 is 1.71 bits per heavy atom. The molecule has 1 fully saturated rings. The molecule has 7 heteroatoms. The molecule has 1 saturated heterocycles. The van der Waals surface area contributed by atoms with E-state index in [2.05, 4.69) is 30.1 Å². The van der Waals surface area contributed by atoms with Gasteiger partial charge in [-0.3, -0.25) is 4.98 Å². The first-order valence-electron chi connectivity index (χ1n) is 9.43. The number of halogens is 1. The molecule has 0 spiro atoms. The molecule has 28 heavy (non-hydrogen) atoms. The predicted molar refractivity (Wildman–Crippen MR) is 109 cm³/mol. The second kappa shape index (κ2) is 8.21. The summed E-state index contributed by atoms with van der Waals surface area (Å²) < 4.78 is 14.0. The minimum absolute atomic E-state index is 0.171. The SMILES string of the molecule is Cc1nc(NCc2ccccn2)cc(N2CCN(c3ccccc3F)CC2)n1. The third-order valence-corrected chi connectivity index (χ3v) is 4.80. The number of benzene rings is 1. The molecule has 1 aliphatic heterocycles. The van der Waals surface area contributed by atoms with Gasteiger partial charge >= 0.3 is 0 Å². The Balaban J connectivity index is 1.42. The molecule has 0 atom stereocenters. The largest absolute Gasteiger partial charge is 0.366 e. The van der Waals surface area contributed by atoms with Crippen LogP contribution in [0.15, 0.2) is 54.7 Å². The number of hydrogen-bond acceptors (Lipinski definition) is 6. The molecular weight excluding hydrogens is 355 g/mol. The van der Waals surface area contributed by atoms with E-state index in [0.29, 0.717) is 12.2 Å². The molecule has 0 bridgehead atoms. The standard InChI is InChI=1S/C21H23FN6/c1-16-25-20(24-15-17-6-4-5-9-23-17)14-21(26-16)28-12-10-27(11-13-28)19-8-3-2-7-18(19)22/h2-9,14H,10-13,15H2,1H3,(H,24,25,26). The van der Waals surface area contributed by atoms with E-state index >= 15 is 0 Å².